The molecule has 0 fully saturated rings. The Balaban J connectivity index is 2.15. The van der Waals surface area contributed by atoms with Crippen LogP contribution < -0.4 is 11.1 Å². The van der Waals surface area contributed by atoms with Gasteiger partial charge in [0.1, 0.15) is 0 Å². The fraction of sp³-hybridized carbons (Fsp3) is 0.200. The van der Waals surface area contributed by atoms with Crippen LogP contribution in [-0.2, 0) is 4.79 Å². The molecule has 3 N–H and O–H groups in total. The van der Waals surface area contributed by atoms with Gasteiger partial charge in [0.25, 0.3) is 5.91 Å². The van der Waals surface area contributed by atoms with Gasteiger partial charge in [-0.3, -0.25) is 9.59 Å². The van der Waals surface area contributed by atoms with Crippen LogP contribution in [0.5, 0.6) is 0 Å². The minimum absolute atomic E-state index is 0.146. The van der Waals surface area contributed by atoms with Crippen LogP contribution in [0.1, 0.15) is 23.2 Å². The quantitative estimate of drug-likeness (QED) is 0.825. The number of nitrogens with one attached hydrogen (secondary N) is 1. The van der Waals surface area contributed by atoms with Crippen LogP contribution in [0, 0.1) is 0 Å². The summed E-state index contributed by atoms with van der Waals surface area (Å²) < 4.78 is 0.860. The summed E-state index contributed by atoms with van der Waals surface area (Å²) in [5.41, 5.74) is 5.68. The standard InChI is InChI=1S/C15H15BrN2O2/c16-11-8-10-4-1-2-5-12(10)13(9-11)15(20)18-7-3-6-14(17)19/h1-2,4-5,8-9H,3,6-7H2,(H2,17,19)(H,18,20). The fourth-order valence-electron chi connectivity index (χ4n) is 2.02. The smallest absolute Gasteiger partial charge is 0.251 e. The number of hydrogen-bond acceptors (Lipinski definition) is 2. The number of halogens is 1. The van der Waals surface area contributed by atoms with E-state index in [1.807, 2.05) is 30.3 Å². The summed E-state index contributed by atoms with van der Waals surface area (Å²) in [6, 6.07) is 11.5. The predicted molar refractivity (Wildman–Crippen MR) is 82.4 cm³/mol. The maximum atomic E-state index is 12.2. The van der Waals surface area contributed by atoms with Gasteiger partial charge in [-0.1, -0.05) is 40.2 Å². The van der Waals surface area contributed by atoms with E-state index >= 15 is 0 Å². The highest BCUT2D eigenvalue weighted by Gasteiger charge is 2.10. The van der Waals surface area contributed by atoms with E-state index in [0.29, 0.717) is 18.5 Å². The van der Waals surface area contributed by atoms with Crippen LogP contribution in [-0.4, -0.2) is 18.4 Å². The molecule has 5 heteroatoms. The summed E-state index contributed by atoms with van der Waals surface area (Å²) in [7, 11) is 0. The second-order valence-electron chi connectivity index (χ2n) is 4.50. The molecule has 20 heavy (non-hydrogen) atoms. The highest BCUT2D eigenvalue weighted by atomic mass is 79.9. The number of hydrogen-bond donors (Lipinski definition) is 2. The van der Waals surface area contributed by atoms with Crippen molar-refractivity contribution in [2.75, 3.05) is 6.54 Å². The summed E-state index contributed by atoms with van der Waals surface area (Å²) in [5.74, 6) is -0.501. The number of amides is 2. The molecular weight excluding hydrogens is 320 g/mol. The molecule has 2 aromatic rings. The maximum absolute atomic E-state index is 12.2. The molecule has 0 radical (unpaired) electrons. The van der Waals surface area contributed by atoms with Crippen molar-refractivity contribution < 1.29 is 9.59 Å². The van der Waals surface area contributed by atoms with Crippen LogP contribution in [0.3, 0.4) is 0 Å². The van der Waals surface area contributed by atoms with E-state index in [9.17, 15) is 9.59 Å². The lowest BCUT2D eigenvalue weighted by atomic mass is 10.0. The van der Waals surface area contributed by atoms with Crippen LogP contribution in [0.2, 0.25) is 0 Å². The van der Waals surface area contributed by atoms with Gasteiger partial charge in [0, 0.05) is 23.0 Å². The minimum atomic E-state index is -0.354. The molecule has 4 nitrogen and oxygen atoms in total. The van der Waals surface area contributed by atoms with Crippen LogP contribution in [0.15, 0.2) is 40.9 Å². The molecule has 0 aliphatic carbocycles. The summed E-state index contributed by atoms with van der Waals surface area (Å²) in [6.07, 6.45) is 0.826. The molecule has 0 atom stereocenters. The Kier molecular flexibility index (Phi) is 4.74. The van der Waals surface area contributed by atoms with Gasteiger partial charge in [0.15, 0.2) is 0 Å². The number of fused-ring (bicyclic) bond motifs is 1. The first-order chi connectivity index (χ1) is 9.58. The molecule has 104 valence electrons. The predicted octanol–water partition coefficient (Wildman–Crippen LogP) is 2.60. The lowest BCUT2D eigenvalue weighted by Crippen LogP contribution is -2.25. The Bertz CT molecular complexity index is 655. The van der Waals surface area contributed by atoms with Gasteiger partial charge in [0.05, 0.1) is 0 Å². The van der Waals surface area contributed by atoms with Gasteiger partial charge in [-0.05, 0) is 29.3 Å². The largest absolute Gasteiger partial charge is 0.370 e. The second-order valence-corrected chi connectivity index (χ2v) is 5.42. The van der Waals surface area contributed by atoms with E-state index in [1.165, 1.54) is 0 Å². The zero-order valence-electron chi connectivity index (χ0n) is 10.9. The van der Waals surface area contributed by atoms with Crippen molar-refractivity contribution in [2.24, 2.45) is 5.73 Å². The van der Waals surface area contributed by atoms with Crippen molar-refractivity contribution in [1.29, 1.82) is 0 Å². The van der Waals surface area contributed by atoms with Crippen molar-refractivity contribution >= 4 is 38.5 Å². The van der Waals surface area contributed by atoms with Crippen molar-refractivity contribution in [3.8, 4) is 0 Å². The number of benzene rings is 2. The van der Waals surface area contributed by atoms with Gasteiger partial charge in [0.2, 0.25) is 5.91 Å². The number of primary amides is 1. The average molecular weight is 335 g/mol. The number of carbonyl (C=O) groups is 2. The first-order valence-electron chi connectivity index (χ1n) is 6.33. The molecule has 0 bridgehead atoms. The first kappa shape index (κ1) is 14.5. The number of carbonyl (C=O) groups excluding carboxylic acids is 2. The zero-order valence-corrected chi connectivity index (χ0v) is 12.4. The van der Waals surface area contributed by atoms with Crippen molar-refractivity contribution in [3.05, 3.63) is 46.4 Å². The topological polar surface area (TPSA) is 72.2 Å². The lowest BCUT2D eigenvalue weighted by molar-refractivity contribution is -0.118. The third-order valence-electron chi connectivity index (χ3n) is 2.96. The Morgan fingerprint density at radius 3 is 2.70 bits per heavy atom. The minimum Gasteiger partial charge on any atom is -0.370 e. The highest BCUT2D eigenvalue weighted by molar-refractivity contribution is 9.10. The maximum Gasteiger partial charge on any atom is 0.251 e. The molecule has 0 unspecified atom stereocenters. The Labute approximate surface area is 125 Å². The zero-order chi connectivity index (χ0) is 14.5. The van der Waals surface area contributed by atoms with Gasteiger partial charge in [-0.25, -0.2) is 0 Å². The SMILES string of the molecule is NC(=O)CCCNC(=O)c1cc(Br)cc2ccccc12. The monoisotopic (exact) mass is 334 g/mol. The average Bonchev–Trinajstić information content (AvgIpc) is 2.42. The Hall–Kier alpha value is -1.88. The third kappa shape index (κ3) is 3.57. The summed E-state index contributed by atoms with van der Waals surface area (Å²) >= 11 is 3.41. The van der Waals surface area contributed by atoms with Gasteiger partial charge in [-0.15, -0.1) is 0 Å². The molecule has 0 saturated carbocycles. The molecule has 0 aliphatic rings. The van der Waals surface area contributed by atoms with E-state index in [2.05, 4.69) is 21.2 Å². The molecule has 2 aromatic carbocycles. The third-order valence-corrected chi connectivity index (χ3v) is 3.41. The van der Waals surface area contributed by atoms with Gasteiger partial charge >= 0.3 is 0 Å². The van der Waals surface area contributed by atoms with E-state index in [-0.39, 0.29) is 18.2 Å². The van der Waals surface area contributed by atoms with Crippen LogP contribution >= 0.6 is 15.9 Å². The molecule has 0 heterocycles. The van der Waals surface area contributed by atoms with Gasteiger partial charge < -0.3 is 11.1 Å². The van der Waals surface area contributed by atoms with Crippen LogP contribution in [0.4, 0.5) is 0 Å². The van der Waals surface area contributed by atoms with Crippen molar-refractivity contribution in [1.82, 2.24) is 5.32 Å². The van der Waals surface area contributed by atoms with Crippen molar-refractivity contribution in [2.45, 2.75) is 12.8 Å². The number of nitrogens with two attached hydrogens (primary N) is 1. The van der Waals surface area contributed by atoms with Crippen molar-refractivity contribution in [3.63, 3.8) is 0 Å². The molecule has 0 saturated heterocycles. The van der Waals surface area contributed by atoms with Gasteiger partial charge in [-0.2, -0.15) is 0 Å². The lowest BCUT2D eigenvalue weighted by Gasteiger charge is -2.08. The normalized spacial score (nSPS) is 10.4. The first-order valence-corrected chi connectivity index (χ1v) is 7.12. The molecule has 2 rings (SSSR count). The molecular formula is C15H15BrN2O2. The molecule has 0 spiro atoms. The fourth-order valence-corrected chi connectivity index (χ4v) is 2.50. The summed E-state index contributed by atoms with van der Waals surface area (Å²) in [4.78, 5) is 22.8. The van der Waals surface area contributed by atoms with E-state index in [1.54, 1.807) is 6.07 Å². The Morgan fingerprint density at radius 1 is 1.20 bits per heavy atom. The Morgan fingerprint density at radius 2 is 1.95 bits per heavy atom. The second kappa shape index (κ2) is 6.52. The highest BCUT2D eigenvalue weighted by Crippen LogP contribution is 2.24. The molecule has 0 aromatic heterocycles. The van der Waals surface area contributed by atoms with E-state index < -0.39 is 0 Å². The van der Waals surface area contributed by atoms with E-state index in [4.69, 9.17) is 5.73 Å². The molecule has 2 amide bonds. The van der Waals surface area contributed by atoms with E-state index in [0.717, 1.165) is 15.2 Å². The summed E-state index contributed by atoms with van der Waals surface area (Å²) in [6.45, 7) is 0.433. The summed E-state index contributed by atoms with van der Waals surface area (Å²) in [5, 5.41) is 4.72. The molecule has 0 aliphatic heterocycles. The van der Waals surface area contributed by atoms with Crippen LogP contribution in [0.25, 0.3) is 10.8 Å². The number of rotatable bonds is 5.